The number of pyridine rings is 3. The van der Waals surface area contributed by atoms with Gasteiger partial charge >= 0.3 is 20.1 Å². The van der Waals surface area contributed by atoms with E-state index in [4.69, 9.17) is 13.2 Å². The molecule has 3 aromatic heterocycles. The Labute approximate surface area is 422 Å². The van der Waals surface area contributed by atoms with Crippen LogP contribution >= 0.6 is 0 Å². The van der Waals surface area contributed by atoms with E-state index in [0.29, 0.717) is 39.2 Å². The summed E-state index contributed by atoms with van der Waals surface area (Å²) < 4.78 is 89.8. The van der Waals surface area contributed by atoms with E-state index in [0.717, 1.165) is 50.2 Å². The van der Waals surface area contributed by atoms with Gasteiger partial charge in [0.05, 0.1) is 0 Å². The Bertz CT molecular complexity index is 3530. The molecule has 10 aromatic rings. The fraction of sp³-hybridized carbons (Fsp3) is 0.0952. The van der Waals surface area contributed by atoms with Crippen molar-refractivity contribution in [2.75, 3.05) is 0 Å². The predicted octanol–water partition coefficient (Wildman–Crippen LogP) is 15.1. The molecule has 0 atom stereocenters. The minimum atomic E-state index is -2.71. The van der Waals surface area contributed by atoms with Crippen molar-refractivity contribution < 1.29 is 33.8 Å². The molecule has 0 aliphatic rings. The molecule has 0 aliphatic carbocycles. The molecule has 3 nitrogen and oxygen atoms in total. The Morgan fingerprint density at radius 1 is 0.403 bits per heavy atom. The van der Waals surface area contributed by atoms with Gasteiger partial charge in [-0.1, -0.05) is 126 Å². The van der Waals surface area contributed by atoms with E-state index in [9.17, 15) is 5.48 Å². The van der Waals surface area contributed by atoms with E-state index in [1.165, 1.54) is 24.5 Å². The number of hydrogen-bond acceptors (Lipinski definition) is 3. The molecule has 4 heteroatoms. The standard InChI is InChI=1S/C63H48N3.Ir/c1-44-35-61(51-19-9-4-10-20-51)64-41-54(44)29-27-46-37-47(28-30-55-42-65-62(36-45(55)2)52-21-11-5-12-22-52)39-56(38-46)57-25-15-16-26-58(57)60-43-66-63(53-23-13-6-14-24-53)40-59(60)50-33-31-49(32-34-50)48-17-7-3-8-18-48;/h3-19,21,23,25-26,31-43H,27-30H2,1-2H3;/q-3;+3/i1D3,2D3,29D2,30D2;. The van der Waals surface area contributed by atoms with Crippen LogP contribution in [0.1, 0.15) is 47.1 Å². The molecule has 0 saturated heterocycles. The van der Waals surface area contributed by atoms with Crippen molar-refractivity contribution in [1.82, 2.24) is 15.0 Å². The molecular formula is C63H48IrN3. The number of aromatic nitrogens is 3. The Morgan fingerprint density at radius 2 is 0.866 bits per heavy atom. The summed E-state index contributed by atoms with van der Waals surface area (Å²) in [6.45, 7) is -5.41. The molecule has 0 aliphatic heterocycles. The van der Waals surface area contributed by atoms with Gasteiger partial charge in [0.1, 0.15) is 0 Å². The zero-order chi connectivity index (χ0) is 53.2. The van der Waals surface area contributed by atoms with Gasteiger partial charge in [-0.3, -0.25) is 0 Å². The average molecular weight is 1050 g/mol. The fourth-order valence-electron chi connectivity index (χ4n) is 8.16. The summed E-state index contributed by atoms with van der Waals surface area (Å²) in [5.41, 5.74) is 10.5. The van der Waals surface area contributed by atoms with Crippen LogP contribution in [0.5, 0.6) is 0 Å². The molecule has 67 heavy (non-hydrogen) atoms. The van der Waals surface area contributed by atoms with E-state index in [1.807, 2.05) is 85.1 Å². The second-order valence-corrected chi connectivity index (χ2v) is 15.9. The third-order valence-corrected chi connectivity index (χ3v) is 11.5. The van der Waals surface area contributed by atoms with Gasteiger partial charge in [-0.15, -0.1) is 108 Å². The van der Waals surface area contributed by atoms with Crippen molar-refractivity contribution in [3.8, 4) is 78.3 Å². The van der Waals surface area contributed by atoms with E-state index in [1.54, 1.807) is 54.6 Å². The molecule has 7 aromatic carbocycles. The molecular weight excluding hydrogens is 991 g/mol. The minimum absolute atomic E-state index is 0. The van der Waals surface area contributed by atoms with Crippen LogP contribution in [-0.2, 0) is 45.7 Å². The van der Waals surface area contributed by atoms with Crippen molar-refractivity contribution >= 4 is 0 Å². The maximum atomic E-state index is 9.62. The summed E-state index contributed by atoms with van der Waals surface area (Å²) in [6.07, 6.45) is -0.845. The van der Waals surface area contributed by atoms with Crippen molar-refractivity contribution in [3.63, 3.8) is 0 Å². The maximum Gasteiger partial charge on any atom is 3.00 e. The number of rotatable bonds is 13. The first-order valence-corrected chi connectivity index (χ1v) is 21.7. The van der Waals surface area contributed by atoms with Gasteiger partial charge in [0.2, 0.25) is 0 Å². The predicted molar refractivity (Wildman–Crippen MR) is 272 cm³/mol. The third kappa shape index (κ3) is 10.4. The number of hydrogen-bond donors (Lipinski definition) is 0. The first-order valence-electron chi connectivity index (χ1n) is 26.7. The maximum absolute atomic E-state index is 9.62. The third-order valence-electron chi connectivity index (χ3n) is 11.5. The number of aryl methyl sites for hydroxylation is 6. The van der Waals surface area contributed by atoms with E-state index >= 15 is 0 Å². The first-order chi connectivity index (χ1) is 36.4. The van der Waals surface area contributed by atoms with Gasteiger partial charge in [0.25, 0.3) is 0 Å². The van der Waals surface area contributed by atoms with Gasteiger partial charge in [0.15, 0.2) is 0 Å². The van der Waals surface area contributed by atoms with Crippen LogP contribution in [0.2, 0.25) is 0 Å². The van der Waals surface area contributed by atoms with Crippen molar-refractivity contribution in [3.05, 3.63) is 258 Å². The van der Waals surface area contributed by atoms with Crippen LogP contribution in [-0.4, -0.2) is 15.0 Å². The van der Waals surface area contributed by atoms with Crippen LogP contribution in [0.4, 0.5) is 0 Å². The molecule has 0 amide bonds. The van der Waals surface area contributed by atoms with Gasteiger partial charge in [-0.2, -0.15) is 0 Å². The molecule has 0 spiro atoms. The monoisotopic (exact) mass is 1050 g/mol. The molecule has 0 bridgehead atoms. The van der Waals surface area contributed by atoms with Crippen LogP contribution in [0.3, 0.4) is 0 Å². The quantitative estimate of drug-likeness (QED) is 0.108. The SMILES string of the molecule is [2H]C([2H])([2H])c1cc(-c2[c-]cccc2)ncc1C([2H])([2H])Cc1cc(CC([2H])([2H])c2cnc(-c3[c-]cccc3)cc2C([2H])([2H])[2H])cc(-c2ccccc2-c2cnc(-c3[c-]cccc3)cc2-c2ccc(-c3ccccc3)cc2)c1.[Ir+3]. The average Bonchev–Trinajstić information content (AvgIpc) is 3.45. The topological polar surface area (TPSA) is 38.7 Å². The Hall–Kier alpha value is -7.36. The van der Waals surface area contributed by atoms with Gasteiger partial charge < -0.3 is 15.0 Å². The summed E-state index contributed by atoms with van der Waals surface area (Å²) in [7, 11) is 0. The van der Waals surface area contributed by atoms with Crippen molar-refractivity contribution in [2.24, 2.45) is 0 Å². The molecule has 3 heterocycles. The fourth-order valence-corrected chi connectivity index (χ4v) is 8.16. The molecule has 0 unspecified atom stereocenters. The molecule has 0 saturated carbocycles. The van der Waals surface area contributed by atoms with Crippen molar-refractivity contribution in [1.29, 1.82) is 0 Å². The number of benzene rings is 7. The smallest absolute Gasteiger partial charge is 0.304 e. The van der Waals surface area contributed by atoms with Crippen LogP contribution in [0.15, 0.2) is 207 Å². The molecule has 0 radical (unpaired) electrons. The molecule has 10 rings (SSSR count). The number of nitrogens with zero attached hydrogens (tertiary/aromatic N) is 3. The zero-order valence-electron chi connectivity index (χ0n) is 46.2. The summed E-state index contributed by atoms with van der Waals surface area (Å²) >= 11 is 0. The van der Waals surface area contributed by atoms with Gasteiger partial charge in [-0.25, -0.2) is 0 Å². The van der Waals surface area contributed by atoms with E-state index in [-0.39, 0.29) is 55.2 Å². The second kappa shape index (κ2) is 20.9. The van der Waals surface area contributed by atoms with Crippen LogP contribution in [0.25, 0.3) is 78.3 Å². The summed E-state index contributed by atoms with van der Waals surface area (Å²) in [5.74, 6) is 0. The van der Waals surface area contributed by atoms with E-state index < -0.39 is 26.4 Å². The largest absolute Gasteiger partial charge is 3.00 e. The molecule has 0 N–H and O–H groups in total. The normalized spacial score (nSPS) is 14.0. The van der Waals surface area contributed by atoms with Gasteiger partial charge in [-0.05, 0) is 118 Å². The molecule has 0 fully saturated rings. The Balaban J connectivity index is 0.00000722. The van der Waals surface area contributed by atoms with Crippen LogP contribution in [0, 0.1) is 31.9 Å². The Morgan fingerprint density at radius 3 is 1.39 bits per heavy atom. The summed E-state index contributed by atoms with van der Waals surface area (Å²) in [6, 6.07) is 67.7. The van der Waals surface area contributed by atoms with E-state index in [2.05, 4.69) is 70.6 Å². The van der Waals surface area contributed by atoms with Crippen molar-refractivity contribution in [2.45, 2.75) is 39.3 Å². The second-order valence-electron chi connectivity index (χ2n) is 15.9. The van der Waals surface area contributed by atoms with Gasteiger partial charge in [0, 0.05) is 37.9 Å². The Kier molecular flexibility index (Phi) is 10.6. The zero-order valence-corrected chi connectivity index (χ0v) is 38.6. The molecule has 324 valence electrons. The first kappa shape index (κ1) is 34.0. The summed E-state index contributed by atoms with van der Waals surface area (Å²) in [4.78, 5) is 14.1. The van der Waals surface area contributed by atoms with Crippen LogP contribution < -0.4 is 0 Å². The minimum Gasteiger partial charge on any atom is -0.304 e. The summed E-state index contributed by atoms with van der Waals surface area (Å²) in [5, 5.41) is 0.